The smallest absolute Gasteiger partial charge is 0.166 e. The molecule has 0 bridgehead atoms. The fourth-order valence-electron chi connectivity index (χ4n) is 1.53. The molecule has 0 radical (unpaired) electrons. The van der Waals surface area contributed by atoms with Crippen LogP contribution in [0.1, 0.15) is 22.3 Å². The Labute approximate surface area is 81.9 Å². The van der Waals surface area contributed by atoms with Gasteiger partial charge in [0.15, 0.2) is 5.78 Å². The van der Waals surface area contributed by atoms with E-state index in [0.717, 1.165) is 6.07 Å². The monoisotopic (exact) mass is 246 g/mol. The third-order valence-electron chi connectivity index (χ3n) is 2.15. The van der Waals surface area contributed by atoms with Gasteiger partial charge >= 0.3 is 0 Å². The van der Waals surface area contributed by atoms with Crippen LogP contribution in [0.4, 0.5) is 8.78 Å². The maximum absolute atomic E-state index is 13.3. The van der Waals surface area contributed by atoms with E-state index in [0.29, 0.717) is 6.42 Å². The van der Waals surface area contributed by atoms with E-state index in [9.17, 15) is 13.6 Å². The van der Waals surface area contributed by atoms with Crippen LogP contribution in [-0.2, 0) is 6.42 Å². The van der Waals surface area contributed by atoms with Gasteiger partial charge in [-0.2, -0.15) is 0 Å². The first-order valence-corrected chi connectivity index (χ1v) is 4.60. The van der Waals surface area contributed by atoms with Crippen molar-refractivity contribution in [1.29, 1.82) is 0 Å². The number of rotatable bonds is 0. The predicted molar refractivity (Wildman–Crippen MR) is 46.7 cm³/mol. The van der Waals surface area contributed by atoms with Gasteiger partial charge in [0.2, 0.25) is 0 Å². The number of Topliss-reactive ketones (excluding diaryl/α,β-unsaturated/α-hetero) is 1. The van der Waals surface area contributed by atoms with Crippen molar-refractivity contribution in [3.8, 4) is 0 Å². The highest BCUT2D eigenvalue weighted by atomic mass is 79.9. The molecule has 1 nitrogen and oxygen atoms in total. The molecule has 1 aliphatic carbocycles. The molecule has 0 unspecified atom stereocenters. The molecular weight excluding hydrogens is 242 g/mol. The Morgan fingerprint density at radius 3 is 2.69 bits per heavy atom. The summed E-state index contributed by atoms with van der Waals surface area (Å²) >= 11 is 2.86. The van der Waals surface area contributed by atoms with Crippen molar-refractivity contribution in [3.05, 3.63) is 33.3 Å². The standard InChI is InChI=1S/C9H5BrF2O/c10-5-3-6(11)4-1-2-7(13)8(4)9(5)12/h3H,1-2H2. The van der Waals surface area contributed by atoms with E-state index in [4.69, 9.17) is 0 Å². The summed E-state index contributed by atoms with van der Waals surface area (Å²) in [4.78, 5) is 11.2. The summed E-state index contributed by atoms with van der Waals surface area (Å²) < 4.78 is 26.5. The molecule has 0 N–H and O–H groups in total. The van der Waals surface area contributed by atoms with Gasteiger partial charge in [-0.15, -0.1) is 0 Å². The summed E-state index contributed by atoms with van der Waals surface area (Å²) in [7, 11) is 0. The number of carbonyl (C=O) groups is 1. The highest BCUT2D eigenvalue weighted by Gasteiger charge is 2.28. The number of halogens is 3. The Morgan fingerprint density at radius 2 is 2.00 bits per heavy atom. The van der Waals surface area contributed by atoms with Gasteiger partial charge < -0.3 is 0 Å². The average molecular weight is 247 g/mol. The topological polar surface area (TPSA) is 17.1 Å². The number of benzene rings is 1. The normalized spacial score (nSPS) is 14.8. The molecule has 0 aromatic heterocycles. The van der Waals surface area contributed by atoms with Crippen molar-refractivity contribution in [1.82, 2.24) is 0 Å². The summed E-state index contributed by atoms with van der Waals surface area (Å²) in [6.45, 7) is 0. The average Bonchev–Trinajstić information content (AvgIpc) is 2.44. The summed E-state index contributed by atoms with van der Waals surface area (Å²) in [6.07, 6.45) is 0.518. The summed E-state index contributed by atoms with van der Waals surface area (Å²) in [5.74, 6) is -1.46. The van der Waals surface area contributed by atoms with Crippen LogP contribution in [0.25, 0.3) is 0 Å². The van der Waals surface area contributed by atoms with Crippen LogP contribution in [0, 0.1) is 11.6 Å². The van der Waals surface area contributed by atoms with Gasteiger partial charge in [-0.3, -0.25) is 4.79 Å². The Bertz CT molecular complexity index is 401. The number of hydrogen-bond acceptors (Lipinski definition) is 1. The lowest BCUT2D eigenvalue weighted by atomic mass is 10.1. The molecule has 0 spiro atoms. The minimum atomic E-state index is -0.640. The Kier molecular flexibility index (Phi) is 1.95. The predicted octanol–water partition coefficient (Wildman–Crippen LogP) is 2.86. The molecule has 1 aliphatic rings. The zero-order valence-electron chi connectivity index (χ0n) is 6.53. The van der Waals surface area contributed by atoms with Gasteiger partial charge in [0, 0.05) is 12.0 Å². The summed E-state index contributed by atoms with van der Waals surface area (Å²) in [6, 6.07) is 1.06. The Balaban J connectivity index is 2.77. The van der Waals surface area contributed by atoms with Crippen LogP contribution in [0.5, 0.6) is 0 Å². The molecule has 0 aliphatic heterocycles. The van der Waals surface area contributed by atoms with Crippen molar-refractivity contribution in [2.45, 2.75) is 12.8 Å². The van der Waals surface area contributed by atoms with Crippen LogP contribution in [-0.4, -0.2) is 5.78 Å². The molecule has 0 amide bonds. The van der Waals surface area contributed by atoms with Crippen molar-refractivity contribution in [3.63, 3.8) is 0 Å². The number of carbonyl (C=O) groups excluding carboxylic acids is 1. The van der Waals surface area contributed by atoms with Crippen molar-refractivity contribution in [2.24, 2.45) is 0 Å². The zero-order chi connectivity index (χ0) is 9.59. The maximum atomic E-state index is 13.3. The zero-order valence-corrected chi connectivity index (χ0v) is 8.12. The van der Waals surface area contributed by atoms with E-state index in [1.54, 1.807) is 0 Å². The molecule has 0 atom stereocenters. The van der Waals surface area contributed by atoms with E-state index < -0.39 is 11.6 Å². The summed E-state index contributed by atoms with van der Waals surface area (Å²) in [5, 5.41) is 0. The molecular formula is C9H5BrF2O. The van der Waals surface area contributed by atoms with Crippen LogP contribution in [0.15, 0.2) is 10.5 Å². The van der Waals surface area contributed by atoms with Crippen molar-refractivity contribution < 1.29 is 13.6 Å². The number of hydrogen-bond donors (Lipinski definition) is 0. The molecule has 13 heavy (non-hydrogen) atoms. The first-order valence-electron chi connectivity index (χ1n) is 3.81. The Morgan fingerprint density at radius 1 is 1.31 bits per heavy atom. The van der Waals surface area contributed by atoms with E-state index in [1.807, 2.05) is 0 Å². The first kappa shape index (κ1) is 8.81. The molecule has 0 heterocycles. The van der Waals surface area contributed by atoms with Gasteiger partial charge in [-0.25, -0.2) is 8.78 Å². The largest absolute Gasteiger partial charge is 0.294 e. The maximum Gasteiger partial charge on any atom is 0.166 e. The molecule has 1 aromatic rings. The second-order valence-electron chi connectivity index (χ2n) is 2.93. The van der Waals surface area contributed by atoms with Gasteiger partial charge in [-0.1, -0.05) is 0 Å². The second-order valence-corrected chi connectivity index (χ2v) is 3.79. The molecule has 4 heteroatoms. The fourth-order valence-corrected chi connectivity index (χ4v) is 1.93. The molecule has 68 valence electrons. The quantitative estimate of drug-likeness (QED) is 0.644. The van der Waals surface area contributed by atoms with E-state index in [2.05, 4.69) is 15.9 Å². The van der Waals surface area contributed by atoms with Crippen LogP contribution >= 0.6 is 15.9 Å². The lowest BCUT2D eigenvalue weighted by Gasteiger charge is -2.02. The van der Waals surface area contributed by atoms with Crippen LogP contribution < -0.4 is 0 Å². The van der Waals surface area contributed by atoms with Crippen molar-refractivity contribution >= 4 is 21.7 Å². The number of ketones is 1. The van der Waals surface area contributed by atoms with Gasteiger partial charge in [-0.05, 0) is 28.4 Å². The van der Waals surface area contributed by atoms with E-state index in [-0.39, 0.29) is 27.8 Å². The first-order chi connectivity index (χ1) is 6.11. The molecule has 0 saturated heterocycles. The molecule has 1 aromatic carbocycles. The highest BCUT2D eigenvalue weighted by Crippen LogP contribution is 2.31. The summed E-state index contributed by atoms with van der Waals surface area (Å²) in [5.41, 5.74) is 0.137. The molecule has 2 rings (SSSR count). The molecule has 0 fully saturated rings. The van der Waals surface area contributed by atoms with Crippen LogP contribution in [0.3, 0.4) is 0 Å². The SMILES string of the molecule is O=C1CCc2c(F)cc(Br)c(F)c21. The lowest BCUT2D eigenvalue weighted by molar-refractivity contribution is 0.0991. The third-order valence-corrected chi connectivity index (χ3v) is 2.73. The van der Waals surface area contributed by atoms with E-state index in [1.165, 1.54) is 0 Å². The Hall–Kier alpha value is -0.770. The minimum Gasteiger partial charge on any atom is -0.294 e. The minimum absolute atomic E-state index is 0.0130. The van der Waals surface area contributed by atoms with Crippen molar-refractivity contribution in [2.75, 3.05) is 0 Å². The number of fused-ring (bicyclic) bond motifs is 1. The van der Waals surface area contributed by atoms with Gasteiger partial charge in [0.25, 0.3) is 0 Å². The second kappa shape index (κ2) is 2.87. The van der Waals surface area contributed by atoms with Gasteiger partial charge in [0.1, 0.15) is 11.6 Å². The van der Waals surface area contributed by atoms with E-state index >= 15 is 0 Å². The third kappa shape index (κ3) is 1.20. The lowest BCUT2D eigenvalue weighted by Crippen LogP contribution is -1.99. The molecule has 0 saturated carbocycles. The highest BCUT2D eigenvalue weighted by molar-refractivity contribution is 9.10. The van der Waals surface area contributed by atoms with Gasteiger partial charge in [0.05, 0.1) is 10.0 Å². The van der Waals surface area contributed by atoms with Crippen LogP contribution in [0.2, 0.25) is 0 Å². The fraction of sp³-hybridized carbons (Fsp3) is 0.222.